The minimum Gasteiger partial charge on any atom is -0.469 e. The van der Waals surface area contributed by atoms with Crippen LogP contribution in [-0.4, -0.2) is 22.7 Å². The molecule has 1 heterocycles. The molecule has 3 rings (SSSR count). The number of ketones is 2. The Morgan fingerprint density at radius 2 is 1.58 bits per heavy atom. The molecular formula is C27H29NO5. The van der Waals surface area contributed by atoms with Crippen LogP contribution in [0.2, 0.25) is 0 Å². The SMILES string of the molecule is CCc1ccc(-c2ccc(C(=O)CC(C(=O)NO)C(=O)[C@H](C)Cc3coc(C)c3)cc2)cc1. The summed E-state index contributed by atoms with van der Waals surface area (Å²) in [5.74, 6) is -2.68. The molecule has 0 saturated carbocycles. The van der Waals surface area contributed by atoms with E-state index in [1.165, 1.54) is 11.0 Å². The predicted molar refractivity (Wildman–Crippen MR) is 125 cm³/mol. The Kier molecular flexibility index (Phi) is 7.96. The molecule has 0 saturated heterocycles. The number of aryl methyl sites for hydroxylation is 2. The van der Waals surface area contributed by atoms with Gasteiger partial charge in [-0.05, 0) is 48.1 Å². The molecule has 6 nitrogen and oxygen atoms in total. The van der Waals surface area contributed by atoms with E-state index in [9.17, 15) is 14.4 Å². The third-order valence-electron chi connectivity index (χ3n) is 5.87. The molecule has 0 aliphatic carbocycles. The lowest BCUT2D eigenvalue weighted by molar-refractivity contribution is -0.141. The average molecular weight is 448 g/mol. The van der Waals surface area contributed by atoms with E-state index < -0.39 is 23.5 Å². The molecule has 1 amide bonds. The Hall–Kier alpha value is -3.51. The van der Waals surface area contributed by atoms with Gasteiger partial charge in [0, 0.05) is 17.9 Å². The van der Waals surface area contributed by atoms with Crippen molar-refractivity contribution in [3.05, 3.63) is 83.3 Å². The van der Waals surface area contributed by atoms with Crippen LogP contribution in [0.1, 0.15) is 47.5 Å². The summed E-state index contributed by atoms with van der Waals surface area (Å²) in [6, 6.07) is 17.1. The van der Waals surface area contributed by atoms with E-state index in [1.807, 2.05) is 37.3 Å². The first-order valence-electron chi connectivity index (χ1n) is 11.1. The van der Waals surface area contributed by atoms with Crippen molar-refractivity contribution < 1.29 is 24.0 Å². The van der Waals surface area contributed by atoms with Crippen LogP contribution in [0.4, 0.5) is 0 Å². The Morgan fingerprint density at radius 3 is 2.09 bits per heavy atom. The number of hydrogen-bond acceptors (Lipinski definition) is 5. The minimum absolute atomic E-state index is 0.315. The molecule has 2 atom stereocenters. The van der Waals surface area contributed by atoms with E-state index in [0.29, 0.717) is 12.0 Å². The highest BCUT2D eigenvalue weighted by atomic mass is 16.5. The molecule has 33 heavy (non-hydrogen) atoms. The normalized spacial score (nSPS) is 12.7. The number of rotatable bonds is 10. The van der Waals surface area contributed by atoms with Crippen molar-refractivity contribution in [2.45, 2.75) is 40.0 Å². The molecule has 172 valence electrons. The van der Waals surface area contributed by atoms with Crippen LogP contribution >= 0.6 is 0 Å². The zero-order chi connectivity index (χ0) is 24.0. The first-order valence-corrected chi connectivity index (χ1v) is 11.1. The number of carbonyl (C=O) groups excluding carboxylic acids is 3. The Morgan fingerprint density at radius 1 is 0.970 bits per heavy atom. The van der Waals surface area contributed by atoms with Crippen LogP contribution < -0.4 is 5.48 Å². The Bertz CT molecular complexity index is 1110. The van der Waals surface area contributed by atoms with Crippen molar-refractivity contribution >= 4 is 17.5 Å². The van der Waals surface area contributed by atoms with Crippen LogP contribution in [0.5, 0.6) is 0 Å². The van der Waals surface area contributed by atoms with Crippen molar-refractivity contribution in [3.63, 3.8) is 0 Å². The maximum Gasteiger partial charge on any atom is 0.254 e. The fourth-order valence-electron chi connectivity index (χ4n) is 3.89. The Balaban J connectivity index is 1.71. The van der Waals surface area contributed by atoms with Crippen LogP contribution in [0.15, 0.2) is 65.3 Å². The lowest BCUT2D eigenvalue weighted by atomic mass is 9.85. The second-order valence-electron chi connectivity index (χ2n) is 8.36. The molecule has 1 aromatic heterocycles. The lowest BCUT2D eigenvalue weighted by Gasteiger charge is -2.17. The Labute approximate surface area is 193 Å². The van der Waals surface area contributed by atoms with E-state index in [1.54, 1.807) is 25.3 Å². The molecule has 0 bridgehead atoms. The number of nitrogens with one attached hydrogen (secondary N) is 1. The molecule has 0 spiro atoms. The van der Waals surface area contributed by atoms with Gasteiger partial charge in [0.1, 0.15) is 17.5 Å². The number of benzene rings is 2. The van der Waals surface area contributed by atoms with Gasteiger partial charge in [0.25, 0.3) is 5.91 Å². The maximum atomic E-state index is 13.0. The van der Waals surface area contributed by atoms with Crippen molar-refractivity contribution in [3.8, 4) is 11.1 Å². The van der Waals surface area contributed by atoms with E-state index >= 15 is 0 Å². The highest BCUT2D eigenvalue weighted by molar-refractivity contribution is 6.08. The summed E-state index contributed by atoms with van der Waals surface area (Å²) in [7, 11) is 0. The van der Waals surface area contributed by atoms with Gasteiger partial charge in [0.15, 0.2) is 5.78 Å². The largest absolute Gasteiger partial charge is 0.469 e. The summed E-state index contributed by atoms with van der Waals surface area (Å²) < 4.78 is 5.26. The molecular weight excluding hydrogens is 418 g/mol. The monoisotopic (exact) mass is 447 g/mol. The van der Waals surface area contributed by atoms with Gasteiger partial charge in [0.05, 0.1) is 6.26 Å². The summed E-state index contributed by atoms with van der Waals surface area (Å²) in [6.45, 7) is 5.61. The quantitative estimate of drug-likeness (QED) is 0.198. The third kappa shape index (κ3) is 6.05. The van der Waals surface area contributed by atoms with E-state index in [-0.39, 0.29) is 12.2 Å². The number of carbonyl (C=O) groups is 3. The number of furan rings is 1. The van der Waals surface area contributed by atoms with Crippen molar-refractivity contribution in [2.24, 2.45) is 11.8 Å². The molecule has 0 aliphatic heterocycles. The van der Waals surface area contributed by atoms with Crippen molar-refractivity contribution in [1.29, 1.82) is 0 Å². The highest BCUT2D eigenvalue weighted by Gasteiger charge is 2.32. The summed E-state index contributed by atoms with van der Waals surface area (Å²) in [4.78, 5) is 38.0. The van der Waals surface area contributed by atoms with E-state index in [4.69, 9.17) is 9.62 Å². The molecule has 2 N–H and O–H groups in total. The fourth-order valence-corrected chi connectivity index (χ4v) is 3.89. The summed E-state index contributed by atoms with van der Waals surface area (Å²) in [5, 5.41) is 9.13. The lowest BCUT2D eigenvalue weighted by Crippen LogP contribution is -2.38. The molecule has 3 aromatic rings. The second kappa shape index (κ2) is 10.9. The van der Waals surface area contributed by atoms with Gasteiger partial charge < -0.3 is 4.42 Å². The maximum absolute atomic E-state index is 13.0. The summed E-state index contributed by atoms with van der Waals surface area (Å²) >= 11 is 0. The number of hydrogen-bond donors (Lipinski definition) is 2. The smallest absolute Gasteiger partial charge is 0.254 e. The van der Waals surface area contributed by atoms with Gasteiger partial charge >= 0.3 is 0 Å². The highest BCUT2D eigenvalue weighted by Crippen LogP contribution is 2.23. The van der Waals surface area contributed by atoms with Gasteiger partial charge in [-0.25, -0.2) is 5.48 Å². The topological polar surface area (TPSA) is 96.6 Å². The van der Waals surface area contributed by atoms with Crippen molar-refractivity contribution in [2.75, 3.05) is 0 Å². The molecule has 0 aliphatic rings. The van der Waals surface area contributed by atoms with Crippen LogP contribution in [0.25, 0.3) is 11.1 Å². The number of hydroxylamine groups is 1. The molecule has 6 heteroatoms. The van der Waals surface area contributed by atoms with Crippen molar-refractivity contribution in [1.82, 2.24) is 5.48 Å². The summed E-state index contributed by atoms with van der Waals surface area (Å²) in [5.41, 5.74) is 6.05. The number of amides is 1. The second-order valence-corrected chi connectivity index (χ2v) is 8.36. The first kappa shape index (κ1) is 24.1. The van der Waals surface area contributed by atoms with Gasteiger partial charge in [-0.15, -0.1) is 0 Å². The third-order valence-corrected chi connectivity index (χ3v) is 5.87. The van der Waals surface area contributed by atoms with Crippen LogP contribution in [0, 0.1) is 18.8 Å². The van der Waals surface area contributed by atoms with Crippen LogP contribution in [-0.2, 0) is 22.4 Å². The molecule has 2 aromatic carbocycles. The predicted octanol–water partition coefficient (Wildman–Crippen LogP) is 4.96. The fraction of sp³-hybridized carbons (Fsp3) is 0.296. The average Bonchev–Trinajstić information content (AvgIpc) is 3.25. The van der Waals surface area contributed by atoms with Gasteiger partial charge in [-0.3, -0.25) is 19.6 Å². The molecule has 0 fully saturated rings. The molecule has 0 radical (unpaired) electrons. The van der Waals surface area contributed by atoms with Gasteiger partial charge in [-0.2, -0.15) is 0 Å². The zero-order valence-corrected chi connectivity index (χ0v) is 19.1. The summed E-state index contributed by atoms with van der Waals surface area (Å²) in [6.07, 6.45) is 2.60. The first-order chi connectivity index (χ1) is 15.8. The number of Topliss-reactive ketones (excluding diaryl/α,β-unsaturated/α-hetero) is 2. The van der Waals surface area contributed by atoms with Gasteiger partial charge in [-0.1, -0.05) is 62.4 Å². The zero-order valence-electron chi connectivity index (χ0n) is 19.1. The standard InChI is InChI=1S/C27H29NO5/c1-4-19-5-7-21(8-6-19)22-9-11-23(12-10-22)25(29)15-24(27(31)28-32)26(30)17(2)13-20-14-18(3)33-16-20/h5-12,14,16-17,24,32H,4,13,15H2,1-3H3,(H,28,31)/t17-,24?/m1/s1. The van der Waals surface area contributed by atoms with E-state index in [0.717, 1.165) is 28.9 Å². The van der Waals surface area contributed by atoms with E-state index in [2.05, 4.69) is 19.1 Å². The minimum atomic E-state index is -1.27. The van der Waals surface area contributed by atoms with Gasteiger partial charge in [0.2, 0.25) is 0 Å². The van der Waals surface area contributed by atoms with Crippen LogP contribution in [0.3, 0.4) is 0 Å². The molecule has 1 unspecified atom stereocenters.